The molecule has 4 heteroatoms. The Morgan fingerprint density at radius 1 is 1.13 bits per heavy atom. The van der Waals surface area contributed by atoms with Crippen molar-refractivity contribution in [3.05, 3.63) is 0 Å². The van der Waals surface area contributed by atoms with Gasteiger partial charge in [0.1, 0.15) is 0 Å². The third-order valence-corrected chi connectivity index (χ3v) is 4.02. The van der Waals surface area contributed by atoms with Gasteiger partial charge >= 0.3 is 0 Å². The van der Waals surface area contributed by atoms with Gasteiger partial charge in [-0.2, -0.15) is 0 Å². The summed E-state index contributed by atoms with van der Waals surface area (Å²) >= 11 is 0. The summed E-state index contributed by atoms with van der Waals surface area (Å²) in [5.74, 6) is 0. The lowest BCUT2D eigenvalue weighted by Gasteiger charge is -2.45. The Hall–Kier alpha value is -0.160. The van der Waals surface area contributed by atoms with E-state index in [0.29, 0.717) is 17.7 Å². The molecule has 0 radical (unpaired) electrons. The lowest BCUT2D eigenvalue weighted by atomic mass is 10.1. The molecule has 2 atom stereocenters. The molecule has 3 N–H and O–H groups in total. The highest BCUT2D eigenvalue weighted by Crippen LogP contribution is 2.41. The molecule has 3 aliphatic rings. The highest BCUT2D eigenvalue weighted by molar-refractivity contribution is 5.12. The van der Waals surface area contributed by atoms with E-state index in [0.717, 1.165) is 19.6 Å². The van der Waals surface area contributed by atoms with Gasteiger partial charge in [0, 0.05) is 44.3 Å². The minimum absolute atomic E-state index is 0.426. The van der Waals surface area contributed by atoms with Gasteiger partial charge in [-0.1, -0.05) is 0 Å². The van der Waals surface area contributed by atoms with E-state index < -0.39 is 0 Å². The Kier molecular flexibility index (Phi) is 2.47. The van der Waals surface area contributed by atoms with E-state index in [9.17, 15) is 0 Å². The number of rotatable bonds is 1. The van der Waals surface area contributed by atoms with Crippen LogP contribution in [0.25, 0.3) is 0 Å². The molecule has 0 aromatic heterocycles. The van der Waals surface area contributed by atoms with Crippen LogP contribution < -0.4 is 16.0 Å². The monoisotopic (exact) mass is 210 g/mol. The summed E-state index contributed by atoms with van der Waals surface area (Å²) in [6.07, 6.45) is 3.28. The molecule has 86 valence electrons. The van der Waals surface area contributed by atoms with E-state index in [4.69, 9.17) is 0 Å². The molecule has 2 saturated heterocycles. The van der Waals surface area contributed by atoms with Gasteiger partial charge in [-0.15, -0.1) is 0 Å². The van der Waals surface area contributed by atoms with Gasteiger partial charge in [0.25, 0.3) is 0 Å². The SMILES string of the molecule is CC1CN(C2NCCNC23CC3)CCN1. The summed E-state index contributed by atoms with van der Waals surface area (Å²) in [5, 5.41) is 10.9. The van der Waals surface area contributed by atoms with Gasteiger partial charge in [0.15, 0.2) is 0 Å². The van der Waals surface area contributed by atoms with Gasteiger partial charge in [0.05, 0.1) is 6.17 Å². The fourth-order valence-corrected chi connectivity index (χ4v) is 3.07. The highest BCUT2D eigenvalue weighted by atomic mass is 15.4. The predicted molar refractivity (Wildman–Crippen MR) is 60.8 cm³/mol. The Labute approximate surface area is 91.8 Å². The van der Waals surface area contributed by atoms with Crippen LogP contribution in [-0.2, 0) is 0 Å². The molecule has 2 unspecified atom stereocenters. The largest absolute Gasteiger partial charge is 0.312 e. The molecule has 0 aromatic rings. The smallest absolute Gasteiger partial charge is 0.0786 e. The van der Waals surface area contributed by atoms with Crippen LogP contribution in [0.15, 0.2) is 0 Å². The molecule has 2 aliphatic heterocycles. The second-order valence-corrected chi connectivity index (χ2v) is 5.29. The number of nitrogens with zero attached hydrogens (tertiary/aromatic N) is 1. The van der Waals surface area contributed by atoms with E-state index >= 15 is 0 Å². The average molecular weight is 210 g/mol. The van der Waals surface area contributed by atoms with Crippen molar-refractivity contribution >= 4 is 0 Å². The quantitative estimate of drug-likeness (QED) is 0.537. The van der Waals surface area contributed by atoms with Gasteiger partial charge in [-0.25, -0.2) is 0 Å². The predicted octanol–water partition coefficient (Wildman–Crippen LogP) is -0.668. The Morgan fingerprint density at radius 2 is 2.00 bits per heavy atom. The first kappa shape index (κ1) is 10.0. The second kappa shape index (κ2) is 3.70. The van der Waals surface area contributed by atoms with Gasteiger partial charge in [0.2, 0.25) is 0 Å². The van der Waals surface area contributed by atoms with Crippen molar-refractivity contribution in [1.82, 2.24) is 20.9 Å². The normalized spacial score (nSPS) is 40.6. The van der Waals surface area contributed by atoms with Crippen LogP contribution in [0, 0.1) is 0 Å². The van der Waals surface area contributed by atoms with Crippen LogP contribution in [0.3, 0.4) is 0 Å². The maximum absolute atomic E-state index is 3.71. The summed E-state index contributed by atoms with van der Waals surface area (Å²) in [4.78, 5) is 2.63. The zero-order chi connectivity index (χ0) is 10.3. The maximum Gasteiger partial charge on any atom is 0.0786 e. The Balaban J connectivity index is 1.69. The molecule has 15 heavy (non-hydrogen) atoms. The minimum Gasteiger partial charge on any atom is -0.312 e. The van der Waals surface area contributed by atoms with Crippen LogP contribution in [-0.4, -0.2) is 55.4 Å². The van der Waals surface area contributed by atoms with Crippen LogP contribution >= 0.6 is 0 Å². The van der Waals surface area contributed by atoms with Crippen LogP contribution in [0.2, 0.25) is 0 Å². The van der Waals surface area contributed by atoms with Crippen LogP contribution in [0.1, 0.15) is 19.8 Å². The average Bonchev–Trinajstić information content (AvgIpc) is 2.99. The van der Waals surface area contributed by atoms with Crippen molar-refractivity contribution in [2.45, 2.75) is 37.5 Å². The fourth-order valence-electron chi connectivity index (χ4n) is 3.07. The summed E-state index contributed by atoms with van der Waals surface area (Å²) in [5.41, 5.74) is 0.426. The summed E-state index contributed by atoms with van der Waals surface area (Å²) in [6, 6.07) is 0.637. The lowest BCUT2D eigenvalue weighted by Crippen LogP contribution is -2.68. The van der Waals surface area contributed by atoms with Gasteiger partial charge in [-0.05, 0) is 19.8 Å². The van der Waals surface area contributed by atoms with Crippen molar-refractivity contribution < 1.29 is 0 Å². The van der Waals surface area contributed by atoms with Gasteiger partial charge < -0.3 is 10.6 Å². The molecule has 0 bridgehead atoms. The second-order valence-electron chi connectivity index (χ2n) is 5.29. The number of hydrogen-bond donors (Lipinski definition) is 3. The number of nitrogens with one attached hydrogen (secondary N) is 3. The molecular weight excluding hydrogens is 188 g/mol. The molecule has 1 spiro atoms. The molecule has 0 amide bonds. The van der Waals surface area contributed by atoms with Crippen LogP contribution in [0.4, 0.5) is 0 Å². The van der Waals surface area contributed by atoms with E-state index in [1.165, 1.54) is 25.9 Å². The first-order chi connectivity index (χ1) is 7.30. The van der Waals surface area contributed by atoms with Crippen molar-refractivity contribution in [2.75, 3.05) is 32.7 Å². The molecular formula is C11H22N4. The Bertz CT molecular complexity index is 239. The van der Waals surface area contributed by atoms with E-state index in [-0.39, 0.29) is 0 Å². The third kappa shape index (κ3) is 1.80. The van der Waals surface area contributed by atoms with Crippen molar-refractivity contribution in [2.24, 2.45) is 0 Å². The summed E-state index contributed by atoms with van der Waals surface area (Å²) < 4.78 is 0. The molecule has 2 heterocycles. The van der Waals surface area contributed by atoms with E-state index in [1.54, 1.807) is 0 Å². The standard InChI is InChI=1S/C11H22N4/c1-9-8-15(7-6-12-9)10-11(2-3-11)14-5-4-13-10/h9-10,12-14H,2-8H2,1H3. The lowest BCUT2D eigenvalue weighted by molar-refractivity contribution is 0.0726. The highest BCUT2D eigenvalue weighted by Gasteiger charge is 2.52. The first-order valence-corrected chi connectivity index (χ1v) is 6.26. The number of hydrogen-bond acceptors (Lipinski definition) is 4. The molecule has 3 fully saturated rings. The molecule has 4 nitrogen and oxygen atoms in total. The Morgan fingerprint density at radius 3 is 2.73 bits per heavy atom. The third-order valence-electron chi connectivity index (χ3n) is 4.02. The molecule has 1 aliphatic carbocycles. The van der Waals surface area contributed by atoms with Crippen molar-refractivity contribution in [3.8, 4) is 0 Å². The van der Waals surface area contributed by atoms with Crippen molar-refractivity contribution in [1.29, 1.82) is 0 Å². The zero-order valence-electron chi connectivity index (χ0n) is 9.55. The van der Waals surface area contributed by atoms with E-state index in [2.05, 4.69) is 27.8 Å². The molecule has 0 aromatic carbocycles. The topological polar surface area (TPSA) is 39.3 Å². The summed E-state index contributed by atoms with van der Waals surface area (Å²) in [7, 11) is 0. The molecule has 1 saturated carbocycles. The van der Waals surface area contributed by atoms with Crippen LogP contribution in [0.5, 0.6) is 0 Å². The minimum atomic E-state index is 0.426. The zero-order valence-corrected chi connectivity index (χ0v) is 9.55. The van der Waals surface area contributed by atoms with Crippen molar-refractivity contribution in [3.63, 3.8) is 0 Å². The first-order valence-electron chi connectivity index (χ1n) is 6.26. The van der Waals surface area contributed by atoms with E-state index in [1.807, 2.05) is 0 Å². The fraction of sp³-hybridized carbons (Fsp3) is 1.00. The maximum atomic E-state index is 3.71. The number of piperazine rings is 2. The van der Waals surface area contributed by atoms with Gasteiger partial charge in [-0.3, -0.25) is 10.2 Å². The molecule has 3 rings (SSSR count). The summed E-state index contributed by atoms with van der Waals surface area (Å²) in [6.45, 7) is 8.03.